The number of piperazine rings is 1. The number of nitriles is 1. The first kappa shape index (κ1) is 31.9. The second kappa shape index (κ2) is 10.8. The molecule has 3 N–H and O–H groups in total. The van der Waals surface area contributed by atoms with Crippen LogP contribution in [-0.2, 0) is 29.0 Å². The molecule has 2 aliphatic carbocycles. The Morgan fingerprint density at radius 1 is 1.09 bits per heavy atom. The number of sulfone groups is 1. The van der Waals surface area contributed by atoms with E-state index < -0.39 is 87.3 Å². The number of anilines is 1. The van der Waals surface area contributed by atoms with E-state index >= 15 is 0 Å². The van der Waals surface area contributed by atoms with Crippen molar-refractivity contribution >= 4 is 50.8 Å². The second-order valence-electron chi connectivity index (χ2n) is 12.2. The molecule has 2 unspecified atom stereocenters. The number of hydrogen-bond acceptors (Lipinski definition) is 8. The molecule has 3 amide bonds. The molecular weight excluding hydrogens is 624 g/mol. The van der Waals surface area contributed by atoms with Gasteiger partial charge in [-0.15, -0.1) is 0 Å². The van der Waals surface area contributed by atoms with Gasteiger partial charge >= 0.3 is 5.97 Å². The van der Waals surface area contributed by atoms with E-state index in [1.807, 2.05) is 4.90 Å². The van der Waals surface area contributed by atoms with E-state index in [2.05, 4.69) is 0 Å². The predicted molar refractivity (Wildman–Crippen MR) is 151 cm³/mol. The normalized spacial score (nSPS) is 31.4. The molecule has 16 heteroatoms. The minimum Gasteiger partial charge on any atom is -0.481 e. The average Bonchev–Trinajstić information content (AvgIpc) is 3.41. The van der Waals surface area contributed by atoms with Crippen molar-refractivity contribution in [2.24, 2.45) is 28.4 Å². The van der Waals surface area contributed by atoms with Gasteiger partial charge < -0.3 is 25.5 Å². The quantitative estimate of drug-likeness (QED) is 0.440. The topological polar surface area (TPSA) is 182 Å². The van der Waals surface area contributed by atoms with Gasteiger partial charge in [-0.1, -0.05) is 11.6 Å². The van der Waals surface area contributed by atoms with E-state index in [9.17, 15) is 46.7 Å². The van der Waals surface area contributed by atoms with Crippen molar-refractivity contribution in [3.05, 3.63) is 23.2 Å². The standard InChI is InChI=1S/C28H32ClF2N5O7S/c1-16(37)34-6-8-35(9-7-34)17-2-3-21(20(29)10-17)44(42,43)18-11-19(23(38)36-5-4-27(30,31)15-36)28(12-18,25(40)41)22-13-26(22,14-32)24(33)39/h2-3,10,18-19,22H,4-9,11-13,15H2,1H3,(H2,33,39)(H,40,41)/t18-,19-,22?,26?,28-/m0/s1. The zero-order chi connectivity index (χ0) is 32.4. The molecule has 2 saturated heterocycles. The number of halogens is 3. The van der Waals surface area contributed by atoms with Gasteiger partial charge in [-0.05, 0) is 37.5 Å². The highest BCUT2D eigenvalue weighted by Gasteiger charge is 2.76. The maximum atomic E-state index is 14.1. The third-order valence-electron chi connectivity index (χ3n) is 9.84. The molecule has 2 saturated carbocycles. The van der Waals surface area contributed by atoms with Gasteiger partial charge in [0.15, 0.2) is 9.84 Å². The van der Waals surface area contributed by atoms with Crippen molar-refractivity contribution in [2.75, 3.05) is 44.2 Å². The second-order valence-corrected chi connectivity index (χ2v) is 14.8. The first-order valence-electron chi connectivity index (χ1n) is 14.2. The fourth-order valence-corrected chi connectivity index (χ4v) is 9.65. The summed E-state index contributed by atoms with van der Waals surface area (Å²) in [7, 11) is -4.41. The van der Waals surface area contributed by atoms with Crippen LogP contribution >= 0.6 is 11.6 Å². The number of nitrogens with two attached hydrogens (primary N) is 1. The van der Waals surface area contributed by atoms with Crippen LogP contribution < -0.4 is 10.6 Å². The van der Waals surface area contributed by atoms with Gasteiger partial charge in [0.2, 0.25) is 17.7 Å². The third kappa shape index (κ3) is 5.05. The number of rotatable bonds is 7. The fourth-order valence-electron chi connectivity index (χ4n) is 7.26. The Morgan fingerprint density at radius 2 is 1.75 bits per heavy atom. The number of benzene rings is 1. The van der Waals surface area contributed by atoms with Gasteiger partial charge in [0.25, 0.3) is 5.92 Å². The number of aliphatic carboxylic acids is 1. The molecule has 1 aromatic rings. The smallest absolute Gasteiger partial charge is 0.310 e. The molecule has 4 fully saturated rings. The molecular formula is C28H32ClF2N5O7S. The van der Waals surface area contributed by atoms with Crippen LogP contribution in [0.5, 0.6) is 0 Å². The fraction of sp³-hybridized carbons (Fsp3) is 0.607. The summed E-state index contributed by atoms with van der Waals surface area (Å²) in [6.45, 7) is 2.10. The SMILES string of the molecule is CC(=O)N1CCN(c2ccc(S(=O)(=O)[C@H]3C[C@@H](C(=O)N4CCC(F)(F)C4)[C@](C(=O)O)(C4CC4(C#N)C(N)=O)C3)c(Cl)c2)CC1. The summed E-state index contributed by atoms with van der Waals surface area (Å²) in [4.78, 5) is 54.8. The van der Waals surface area contributed by atoms with Gasteiger partial charge in [0.05, 0.1) is 39.1 Å². The van der Waals surface area contributed by atoms with Crippen molar-refractivity contribution in [3.63, 3.8) is 0 Å². The molecule has 0 spiro atoms. The van der Waals surface area contributed by atoms with Crippen LogP contribution in [0.15, 0.2) is 23.1 Å². The van der Waals surface area contributed by atoms with E-state index in [1.54, 1.807) is 17.0 Å². The number of carbonyl (C=O) groups is 4. The van der Waals surface area contributed by atoms with E-state index in [1.165, 1.54) is 19.1 Å². The Morgan fingerprint density at radius 3 is 2.23 bits per heavy atom. The first-order valence-corrected chi connectivity index (χ1v) is 16.1. The number of carboxylic acid groups (broad SMARTS) is 1. The van der Waals surface area contributed by atoms with E-state index in [0.717, 1.165) is 4.90 Å². The third-order valence-corrected chi connectivity index (χ3v) is 12.5. The summed E-state index contributed by atoms with van der Waals surface area (Å²) in [6, 6.07) is 6.06. The summed E-state index contributed by atoms with van der Waals surface area (Å²) < 4.78 is 56.2. The molecule has 0 radical (unpaired) electrons. The van der Waals surface area contributed by atoms with Crippen LogP contribution in [0.1, 0.15) is 32.6 Å². The number of likely N-dealkylation sites (tertiary alicyclic amines) is 1. The highest BCUT2D eigenvalue weighted by atomic mass is 35.5. The number of nitrogens with zero attached hydrogens (tertiary/aromatic N) is 4. The number of amides is 3. The molecule has 0 bridgehead atoms. The van der Waals surface area contributed by atoms with Gasteiger partial charge in [0.1, 0.15) is 5.41 Å². The lowest BCUT2D eigenvalue weighted by Crippen LogP contribution is -2.48. The van der Waals surface area contributed by atoms with E-state index in [4.69, 9.17) is 17.3 Å². The lowest BCUT2D eigenvalue weighted by Gasteiger charge is -2.35. The number of hydrogen-bond donors (Lipinski definition) is 2. The molecule has 5 rings (SSSR count). The highest BCUT2D eigenvalue weighted by molar-refractivity contribution is 7.92. The zero-order valence-corrected chi connectivity index (χ0v) is 25.4. The Bertz CT molecular complexity index is 1580. The largest absolute Gasteiger partial charge is 0.481 e. The van der Waals surface area contributed by atoms with Crippen LogP contribution in [0.25, 0.3) is 0 Å². The number of primary amides is 1. The zero-order valence-electron chi connectivity index (χ0n) is 23.8. The van der Waals surface area contributed by atoms with Crippen molar-refractivity contribution in [2.45, 2.75) is 48.7 Å². The molecule has 1 aromatic carbocycles. The van der Waals surface area contributed by atoms with Crippen LogP contribution in [0.4, 0.5) is 14.5 Å². The van der Waals surface area contributed by atoms with Crippen molar-refractivity contribution in [1.29, 1.82) is 5.26 Å². The minimum atomic E-state index is -4.41. The molecule has 44 heavy (non-hydrogen) atoms. The molecule has 0 aromatic heterocycles. The van der Waals surface area contributed by atoms with Crippen molar-refractivity contribution in [1.82, 2.24) is 9.80 Å². The Labute approximate surface area is 257 Å². The molecule has 4 aliphatic rings. The lowest BCUT2D eigenvalue weighted by atomic mass is 9.70. The predicted octanol–water partition coefficient (Wildman–Crippen LogP) is 1.51. The monoisotopic (exact) mass is 655 g/mol. The minimum absolute atomic E-state index is 0.0533. The van der Waals surface area contributed by atoms with E-state index in [0.29, 0.717) is 31.9 Å². The van der Waals surface area contributed by atoms with Crippen LogP contribution in [0.2, 0.25) is 5.02 Å². The maximum absolute atomic E-state index is 14.1. The van der Waals surface area contributed by atoms with Crippen LogP contribution in [0, 0.1) is 34.0 Å². The Balaban J connectivity index is 1.48. The maximum Gasteiger partial charge on any atom is 0.310 e. The first-order chi connectivity index (χ1) is 20.5. The van der Waals surface area contributed by atoms with Crippen LogP contribution in [0.3, 0.4) is 0 Å². The lowest BCUT2D eigenvalue weighted by molar-refractivity contribution is -0.160. The van der Waals surface area contributed by atoms with Gasteiger partial charge in [0, 0.05) is 57.7 Å². The van der Waals surface area contributed by atoms with E-state index in [-0.39, 0.29) is 28.8 Å². The van der Waals surface area contributed by atoms with Crippen molar-refractivity contribution in [3.8, 4) is 6.07 Å². The number of alkyl halides is 2. The van der Waals surface area contributed by atoms with Crippen LogP contribution in [-0.4, -0.2) is 97.5 Å². The summed E-state index contributed by atoms with van der Waals surface area (Å²) in [6.07, 6.45) is -2.11. The summed E-state index contributed by atoms with van der Waals surface area (Å²) in [5.41, 5.74) is 1.92. The Kier molecular flexibility index (Phi) is 7.85. The van der Waals surface area contributed by atoms with Gasteiger partial charge in [-0.25, -0.2) is 17.2 Å². The molecule has 12 nitrogen and oxygen atoms in total. The number of carboxylic acids is 1. The molecule has 238 valence electrons. The van der Waals surface area contributed by atoms with Gasteiger partial charge in [-0.2, -0.15) is 5.26 Å². The van der Waals surface area contributed by atoms with Crippen molar-refractivity contribution < 1.29 is 41.5 Å². The summed E-state index contributed by atoms with van der Waals surface area (Å²) in [5.74, 6) is -9.81. The molecule has 2 aliphatic heterocycles. The average molecular weight is 656 g/mol. The number of carbonyl (C=O) groups excluding carboxylic acids is 3. The summed E-state index contributed by atoms with van der Waals surface area (Å²) >= 11 is 6.49. The Hall–Kier alpha value is -3.51. The summed E-state index contributed by atoms with van der Waals surface area (Å²) in [5, 5.41) is 18.7. The molecule has 2 heterocycles. The molecule has 5 atom stereocenters. The highest BCUT2D eigenvalue weighted by Crippen LogP contribution is 2.68. The van der Waals surface area contributed by atoms with Gasteiger partial charge in [-0.3, -0.25) is 19.2 Å².